The smallest absolute Gasteiger partial charge is 0.343 e. The molecular weight excluding hydrogens is 457 g/mol. The lowest BCUT2D eigenvalue weighted by Crippen LogP contribution is -2.26. The molecule has 0 unspecified atom stereocenters. The van der Waals surface area contributed by atoms with Gasteiger partial charge in [-0.15, -0.1) is 0 Å². The summed E-state index contributed by atoms with van der Waals surface area (Å²) in [5, 5.41) is 1.48. The van der Waals surface area contributed by atoms with Gasteiger partial charge in [0.05, 0.1) is 7.11 Å². The van der Waals surface area contributed by atoms with E-state index in [2.05, 4.69) is 40.9 Å². The highest BCUT2D eigenvalue weighted by Gasteiger charge is 2.17. The minimum atomic E-state index is -0.391. The van der Waals surface area contributed by atoms with E-state index in [0.717, 1.165) is 36.0 Å². The highest BCUT2D eigenvalue weighted by Crippen LogP contribution is 2.28. The predicted octanol–water partition coefficient (Wildman–Crippen LogP) is 6.24. The zero-order chi connectivity index (χ0) is 23.6. The molecule has 4 nitrogen and oxygen atoms in total. The fourth-order valence-electron chi connectivity index (χ4n) is 3.70. The number of hydrogen-bond donors (Lipinski definition) is 0. The van der Waals surface area contributed by atoms with Crippen molar-refractivity contribution in [3.63, 3.8) is 0 Å². The van der Waals surface area contributed by atoms with Gasteiger partial charge >= 0.3 is 5.97 Å². The van der Waals surface area contributed by atoms with Crippen LogP contribution in [0.4, 0.5) is 0 Å². The maximum atomic E-state index is 11.2. The van der Waals surface area contributed by atoms with Crippen LogP contribution in [0, 0.1) is 0 Å². The number of benzene rings is 3. The maximum Gasteiger partial charge on any atom is 0.343 e. The summed E-state index contributed by atoms with van der Waals surface area (Å²) in [4.78, 5) is 13.5. The Balaban J connectivity index is 1.54. The molecule has 0 aliphatic carbocycles. The molecule has 0 heterocycles. The van der Waals surface area contributed by atoms with Crippen LogP contribution in [-0.4, -0.2) is 44.7 Å². The molecule has 0 saturated heterocycles. The van der Waals surface area contributed by atoms with Crippen LogP contribution in [0.2, 0.25) is 10.0 Å². The molecule has 0 N–H and O–H groups in total. The van der Waals surface area contributed by atoms with Crippen LogP contribution < -0.4 is 4.74 Å². The van der Waals surface area contributed by atoms with Crippen molar-refractivity contribution in [1.29, 1.82) is 0 Å². The number of esters is 1. The van der Waals surface area contributed by atoms with Crippen LogP contribution in [-0.2, 0) is 16.0 Å². The molecule has 0 fully saturated rings. The largest absolute Gasteiger partial charge is 0.482 e. The highest BCUT2D eigenvalue weighted by molar-refractivity contribution is 6.30. The van der Waals surface area contributed by atoms with E-state index >= 15 is 0 Å². The number of hydrogen-bond acceptors (Lipinski definition) is 4. The molecule has 174 valence electrons. The summed E-state index contributed by atoms with van der Waals surface area (Å²) in [5.41, 5.74) is 3.70. The van der Waals surface area contributed by atoms with Crippen molar-refractivity contribution in [3.05, 3.63) is 99.5 Å². The molecule has 33 heavy (non-hydrogen) atoms. The molecule has 0 saturated carbocycles. The van der Waals surface area contributed by atoms with E-state index in [1.165, 1.54) is 23.8 Å². The summed E-state index contributed by atoms with van der Waals surface area (Å²) in [5.74, 6) is 0.503. The Morgan fingerprint density at radius 2 is 1.42 bits per heavy atom. The first-order valence-electron chi connectivity index (χ1n) is 10.9. The molecule has 6 heteroatoms. The van der Waals surface area contributed by atoms with Gasteiger partial charge in [-0.25, -0.2) is 4.79 Å². The maximum absolute atomic E-state index is 11.2. The molecule has 0 aliphatic heterocycles. The number of likely N-dealkylation sites (N-methyl/N-ethyl adjacent to an activating group) is 1. The fourth-order valence-corrected chi connectivity index (χ4v) is 3.96. The third kappa shape index (κ3) is 8.08. The lowest BCUT2D eigenvalue weighted by Gasteiger charge is -2.25. The molecule has 3 rings (SSSR count). The van der Waals surface area contributed by atoms with Crippen molar-refractivity contribution in [3.8, 4) is 5.75 Å². The van der Waals surface area contributed by atoms with Crippen molar-refractivity contribution in [2.24, 2.45) is 0 Å². The average Bonchev–Trinajstić information content (AvgIpc) is 2.83. The van der Waals surface area contributed by atoms with Crippen LogP contribution >= 0.6 is 23.2 Å². The number of rotatable bonds is 11. The van der Waals surface area contributed by atoms with E-state index in [1.54, 1.807) is 0 Å². The topological polar surface area (TPSA) is 38.8 Å². The second-order valence-electron chi connectivity index (χ2n) is 8.03. The number of halogens is 2. The molecule has 0 aliphatic rings. The summed E-state index contributed by atoms with van der Waals surface area (Å²) in [6, 6.07) is 24.0. The Morgan fingerprint density at radius 3 is 1.94 bits per heavy atom. The first-order chi connectivity index (χ1) is 15.9. The predicted molar refractivity (Wildman–Crippen MR) is 135 cm³/mol. The van der Waals surface area contributed by atoms with Gasteiger partial charge in [0.25, 0.3) is 0 Å². The molecule has 0 atom stereocenters. The van der Waals surface area contributed by atoms with Gasteiger partial charge < -0.3 is 14.4 Å². The van der Waals surface area contributed by atoms with Crippen molar-refractivity contribution in [2.45, 2.75) is 18.8 Å². The molecular formula is C27H29Cl2NO3. The van der Waals surface area contributed by atoms with Gasteiger partial charge in [-0.2, -0.15) is 0 Å². The van der Waals surface area contributed by atoms with Gasteiger partial charge in [0.15, 0.2) is 6.61 Å². The van der Waals surface area contributed by atoms with Gasteiger partial charge in [0.2, 0.25) is 0 Å². The molecule has 3 aromatic rings. The molecule has 0 bridgehead atoms. The molecule has 0 radical (unpaired) electrons. The van der Waals surface area contributed by atoms with Gasteiger partial charge in [0, 0.05) is 22.5 Å². The molecule has 3 aromatic carbocycles. The zero-order valence-corrected chi connectivity index (χ0v) is 20.5. The summed E-state index contributed by atoms with van der Waals surface area (Å²) in [7, 11) is 3.50. The number of nitrogens with zero attached hydrogens (tertiary/aromatic N) is 1. The summed E-state index contributed by atoms with van der Waals surface area (Å²) in [6.07, 6.45) is 2.00. The highest BCUT2D eigenvalue weighted by atomic mass is 35.5. The number of methoxy groups -OCH3 is 1. The van der Waals surface area contributed by atoms with Crippen LogP contribution in [0.15, 0.2) is 72.8 Å². The quantitative estimate of drug-likeness (QED) is 0.301. The number of carbonyl (C=O) groups excluding carboxylic acids is 1. The molecule has 0 amide bonds. The van der Waals surface area contributed by atoms with E-state index in [9.17, 15) is 4.79 Å². The second kappa shape index (κ2) is 12.6. The first-order valence-corrected chi connectivity index (χ1v) is 11.7. The lowest BCUT2D eigenvalue weighted by molar-refractivity contribution is -0.142. The van der Waals surface area contributed by atoms with E-state index in [1.807, 2.05) is 48.5 Å². The van der Waals surface area contributed by atoms with E-state index < -0.39 is 5.97 Å². The Kier molecular flexibility index (Phi) is 9.61. The summed E-state index contributed by atoms with van der Waals surface area (Å²) in [6.45, 7) is 1.78. The third-order valence-corrected chi connectivity index (χ3v) is 6.06. The van der Waals surface area contributed by atoms with Crippen LogP contribution in [0.3, 0.4) is 0 Å². The Morgan fingerprint density at radius 1 is 0.879 bits per heavy atom. The fraction of sp³-hybridized carbons (Fsp3) is 0.296. The SMILES string of the molecule is COC(=O)COc1ccc(CCCN(C)CC(c2ccc(Cl)cc2)c2ccc(Cl)cc2)cc1. The van der Waals surface area contributed by atoms with Gasteiger partial charge in [0.1, 0.15) is 5.75 Å². The molecule has 0 aromatic heterocycles. The summed E-state index contributed by atoms with van der Waals surface area (Å²) < 4.78 is 9.98. The molecule has 0 spiro atoms. The lowest BCUT2D eigenvalue weighted by atomic mass is 9.91. The number of ether oxygens (including phenoxy) is 2. The van der Waals surface area contributed by atoms with Gasteiger partial charge in [-0.05, 0) is 79.5 Å². The average molecular weight is 486 g/mol. The van der Waals surface area contributed by atoms with Gasteiger partial charge in [-0.3, -0.25) is 0 Å². The van der Waals surface area contributed by atoms with Crippen molar-refractivity contribution >= 4 is 29.2 Å². The van der Waals surface area contributed by atoms with E-state index in [0.29, 0.717) is 5.75 Å². The number of carbonyl (C=O) groups is 1. The zero-order valence-electron chi connectivity index (χ0n) is 19.0. The van der Waals surface area contributed by atoms with E-state index in [4.69, 9.17) is 27.9 Å². The minimum Gasteiger partial charge on any atom is -0.482 e. The Labute approximate surface area is 206 Å². The Hall–Kier alpha value is -2.53. The monoisotopic (exact) mass is 485 g/mol. The van der Waals surface area contributed by atoms with Crippen molar-refractivity contribution in [1.82, 2.24) is 4.90 Å². The van der Waals surface area contributed by atoms with Gasteiger partial charge in [-0.1, -0.05) is 59.6 Å². The van der Waals surface area contributed by atoms with Crippen molar-refractivity contribution in [2.75, 3.05) is 33.9 Å². The standard InChI is InChI=1S/C27H29Cl2NO3/c1-30(17-3-4-20-5-15-25(16-6-20)33-19-27(31)32-2)18-26(21-7-11-23(28)12-8-21)22-9-13-24(29)14-10-22/h5-16,26H,3-4,17-19H2,1-2H3. The Bertz CT molecular complexity index is 960. The van der Waals surface area contributed by atoms with Crippen LogP contribution in [0.25, 0.3) is 0 Å². The first kappa shape index (κ1) is 25.1. The van der Waals surface area contributed by atoms with Crippen LogP contribution in [0.1, 0.15) is 29.0 Å². The second-order valence-corrected chi connectivity index (χ2v) is 8.90. The summed E-state index contributed by atoms with van der Waals surface area (Å²) >= 11 is 12.2. The van der Waals surface area contributed by atoms with Crippen molar-refractivity contribution < 1.29 is 14.3 Å². The van der Waals surface area contributed by atoms with E-state index in [-0.39, 0.29) is 12.5 Å². The normalized spacial score (nSPS) is 11.1. The minimum absolute atomic E-state index is 0.0803. The van der Waals surface area contributed by atoms with Crippen LogP contribution in [0.5, 0.6) is 5.75 Å². The third-order valence-electron chi connectivity index (χ3n) is 5.55. The number of aryl methyl sites for hydroxylation is 1.